The first-order valence-corrected chi connectivity index (χ1v) is 14.9. The van der Waals surface area contributed by atoms with Crippen LogP contribution in [0, 0.1) is 18.6 Å². The largest absolute Gasteiger partial charge is 0.507 e. The van der Waals surface area contributed by atoms with Gasteiger partial charge in [0.15, 0.2) is 11.5 Å². The number of pyridine rings is 2. The molecule has 0 spiro atoms. The van der Waals surface area contributed by atoms with Crippen LogP contribution in [0.2, 0.25) is 0 Å². The summed E-state index contributed by atoms with van der Waals surface area (Å²) in [6.45, 7) is 15.3. The Bertz CT molecular complexity index is 1830. The molecular formula is C33H38F2N6O4. The number of aromatic hydroxyl groups is 1. The molecular weight excluding hydrogens is 582 g/mol. The second-order valence-corrected chi connectivity index (χ2v) is 12.9. The fraction of sp³-hybridized carbons (Fsp3) is 0.424. The molecule has 1 N–H and O–H groups in total. The Morgan fingerprint density at radius 1 is 1.07 bits per heavy atom. The smallest absolute Gasteiger partial charge is 0.410 e. The number of phenols is 1. The van der Waals surface area contributed by atoms with Crippen molar-refractivity contribution in [2.24, 2.45) is 0 Å². The zero-order valence-electron chi connectivity index (χ0n) is 26.7. The number of benzene rings is 1. The average Bonchev–Trinajstić information content (AvgIpc) is 2.93. The number of ether oxygens (including phenoxy) is 1. The van der Waals surface area contributed by atoms with Gasteiger partial charge in [0.25, 0.3) is 0 Å². The second-order valence-electron chi connectivity index (χ2n) is 12.9. The number of fused-ring (bicyclic) bond motifs is 1. The summed E-state index contributed by atoms with van der Waals surface area (Å²) in [7, 11) is 0. The molecule has 1 aliphatic heterocycles. The number of hydrogen-bond donors (Lipinski definition) is 1. The maximum atomic E-state index is 16.0. The number of anilines is 1. The van der Waals surface area contributed by atoms with Gasteiger partial charge in [-0.25, -0.2) is 27.9 Å². The monoisotopic (exact) mass is 620 g/mol. The van der Waals surface area contributed by atoms with Gasteiger partial charge in [0.1, 0.15) is 28.7 Å². The first-order chi connectivity index (χ1) is 21.1. The van der Waals surface area contributed by atoms with Crippen LogP contribution >= 0.6 is 0 Å². The molecule has 2 atom stereocenters. The normalized spacial score (nSPS) is 17.3. The van der Waals surface area contributed by atoms with Crippen molar-refractivity contribution in [3.8, 4) is 22.7 Å². The number of aryl methyl sites for hydroxylation is 1. The second kappa shape index (κ2) is 11.7. The van der Waals surface area contributed by atoms with Gasteiger partial charge in [0.05, 0.1) is 22.3 Å². The van der Waals surface area contributed by atoms with E-state index in [1.165, 1.54) is 22.8 Å². The lowest BCUT2D eigenvalue weighted by atomic mass is 10.0. The summed E-state index contributed by atoms with van der Waals surface area (Å²) in [5, 5.41) is 10.7. The Balaban J connectivity index is 1.76. The maximum absolute atomic E-state index is 16.0. The summed E-state index contributed by atoms with van der Waals surface area (Å²) in [6, 6.07) is 5.88. The molecule has 5 rings (SSSR count). The number of hydrogen-bond acceptors (Lipinski definition) is 8. The SMILES string of the molecule is Cc1ccnc(C(C)C)c1-n1c(=O)nc(N2CC(C)N(C(=O)OC(C)(C)C)CC2C)c2cc(F)c(-c3c(O)cccc3F)nc21. The van der Waals surface area contributed by atoms with Gasteiger partial charge in [-0.2, -0.15) is 4.98 Å². The fourth-order valence-electron chi connectivity index (χ4n) is 5.73. The Morgan fingerprint density at radius 2 is 1.78 bits per heavy atom. The predicted molar refractivity (Wildman–Crippen MR) is 168 cm³/mol. The van der Waals surface area contributed by atoms with E-state index in [1.54, 1.807) is 37.9 Å². The molecule has 0 radical (unpaired) electrons. The van der Waals surface area contributed by atoms with Crippen LogP contribution in [0.4, 0.5) is 19.4 Å². The minimum Gasteiger partial charge on any atom is -0.507 e. The molecule has 4 heterocycles. The highest BCUT2D eigenvalue weighted by molar-refractivity contribution is 5.91. The number of carbonyl (C=O) groups is 1. The van der Waals surface area contributed by atoms with Crippen LogP contribution in [0.5, 0.6) is 5.75 Å². The molecule has 0 bridgehead atoms. The molecule has 2 unspecified atom stereocenters. The van der Waals surface area contributed by atoms with Crippen LogP contribution in [0.3, 0.4) is 0 Å². The molecule has 3 aromatic heterocycles. The summed E-state index contributed by atoms with van der Waals surface area (Å²) < 4.78 is 37.9. The van der Waals surface area contributed by atoms with E-state index in [4.69, 9.17) is 4.74 Å². The van der Waals surface area contributed by atoms with Crippen LogP contribution in [0.1, 0.15) is 65.6 Å². The highest BCUT2D eigenvalue weighted by Gasteiger charge is 2.37. The van der Waals surface area contributed by atoms with E-state index < -0.39 is 46.0 Å². The Kier molecular flexibility index (Phi) is 8.28. The maximum Gasteiger partial charge on any atom is 0.410 e. The van der Waals surface area contributed by atoms with E-state index in [9.17, 15) is 14.7 Å². The molecule has 45 heavy (non-hydrogen) atoms. The summed E-state index contributed by atoms with van der Waals surface area (Å²) in [6.07, 6.45) is 1.19. The number of halogens is 2. The topological polar surface area (TPSA) is 114 Å². The van der Waals surface area contributed by atoms with Crippen molar-refractivity contribution in [3.63, 3.8) is 0 Å². The van der Waals surface area contributed by atoms with Crippen LogP contribution < -0.4 is 10.6 Å². The third-order valence-electron chi connectivity index (χ3n) is 7.84. The Morgan fingerprint density at radius 3 is 2.42 bits per heavy atom. The lowest BCUT2D eigenvalue weighted by Gasteiger charge is -2.44. The summed E-state index contributed by atoms with van der Waals surface area (Å²) in [5.41, 5.74) is -0.457. The van der Waals surface area contributed by atoms with Crippen LogP contribution in [-0.2, 0) is 4.74 Å². The number of carbonyl (C=O) groups excluding carboxylic acids is 1. The van der Waals surface area contributed by atoms with Gasteiger partial charge in [0.2, 0.25) is 0 Å². The van der Waals surface area contributed by atoms with Crippen LogP contribution in [0.15, 0.2) is 41.3 Å². The molecule has 1 amide bonds. The average molecular weight is 621 g/mol. The van der Waals surface area contributed by atoms with E-state index in [1.807, 2.05) is 39.5 Å². The van der Waals surface area contributed by atoms with Gasteiger partial charge >= 0.3 is 11.8 Å². The van der Waals surface area contributed by atoms with Crippen LogP contribution in [-0.4, -0.2) is 66.4 Å². The van der Waals surface area contributed by atoms with E-state index in [2.05, 4.69) is 15.0 Å². The van der Waals surface area contributed by atoms with Crippen molar-refractivity contribution in [2.45, 2.75) is 79.0 Å². The lowest BCUT2D eigenvalue weighted by Crippen LogP contribution is -2.59. The number of nitrogens with zero attached hydrogens (tertiary/aromatic N) is 6. The quantitative estimate of drug-likeness (QED) is 0.292. The highest BCUT2D eigenvalue weighted by Crippen LogP contribution is 2.37. The number of phenolic OH excluding ortho intramolecular Hbond substituents is 1. The van der Waals surface area contributed by atoms with Crippen molar-refractivity contribution >= 4 is 22.9 Å². The molecule has 1 aromatic carbocycles. The van der Waals surface area contributed by atoms with Crippen molar-refractivity contribution in [3.05, 3.63) is 69.9 Å². The first kappa shape index (κ1) is 31.8. The number of piperazine rings is 1. The summed E-state index contributed by atoms with van der Waals surface area (Å²) in [5.74, 6) is -2.19. The zero-order valence-corrected chi connectivity index (χ0v) is 26.7. The zero-order chi connectivity index (χ0) is 33.0. The van der Waals surface area contributed by atoms with Gasteiger partial charge in [-0.05, 0) is 77.3 Å². The molecule has 4 aromatic rings. The summed E-state index contributed by atoms with van der Waals surface area (Å²) in [4.78, 5) is 44.0. The molecule has 10 nitrogen and oxygen atoms in total. The standard InChI is InChI=1S/C33H38F2N6O4/c1-17(2)26-28(18(3)12-13-36-26)41-30-21(14-23(35)27(37-30)25-22(34)10-9-11-24(25)42)29(38-31(41)43)39-15-20(5)40(16-19(39)4)32(44)45-33(6,7)8/h9-14,17,19-20,42H,15-16H2,1-8H3. The number of amides is 1. The van der Waals surface area contributed by atoms with Crippen molar-refractivity contribution in [1.82, 2.24) is 24.4 Å². The third kappa shape index (κ3) is 5.93. The van der Waals surface area contributed by atoms with Gasteiger partial charge in [-0.1, -0.05) is 19.9 Å². The molecule has 1 saturated heterocycles. The molecule has 12 heteroatoms. The molecule has 1 aliphatic rings. The molecule has 0 aliphatic carbocycles. The van der Waals surface area contributed by atoms with Gasteiger partial charge in [-0.15, -0.1) is 0 Å². The Labute approximate surface area is 260 Å². The third-order valence-corrected chi connectivity index (χ3v) is 7.84. The van der Waals surface area contributed by atoms with E-state index >= 15 is 8.78 Å². The Hall–Kier alpha value is -4.61. The van der Waals surface area contributed by atoms with Crippen molar-refractivity contribution < 1.29 is 23.4 Å². The predicted octanol–water partition coefficient (Wildman–Crippen LogP) is 6.09. The van der Waals surface area contributed by atoms with E-state index in [0.717, 1.165) is 6.07 Å². The highest BCUT2D eigenvalue weighted by atomic mass is 19.1. The first-order valence-electron chi connectivity index (χ1n) is 14.9. The van der Waals surface area contributed by atoms with Crippen molar-refractivity contribution in [2.75, 3.05) is 18.0 Å². The minimum absolute atomic E-state index is 0.0245. The summed E-state index contributed by atoms with van der Waals surface area (Å²) >= 11 is 0. The van der Waals surface area contributed by atoms with Crippen LogP contribution in [0.25, 0.3) is 28.0 Å². The van der Waals surface area contributed by atoms with Gasteiger partial charge in [0, 0.05) is 31.4 Å². The lowest BCUT2D eigenvalue weighted by molar-refractivity contribution is 0.0130. The molecule has 0 saturated carbocycles. The number of rotatable bonds is 4. The minimum atomic E-state index is -0.906. The van der Waals surface area contributed by atoms with Gasteiger partial charge in [-0.3, -0.25) is 4.98 Å². The van der Waals surface area contributed by atoms with Gasteiger partial charge < -0.3 is 19.6 Å². The van der Waals surface area contributed by atoms with E-state index in [-0.39, 0.29) is 47.9 Å². The van der Waals surface area contributed by atoms with Crippen molar-refractivity contribution in [1.29, 1.82) is 0 Å². The molecule has 1 fully saturated rings. The fourth-order valence-corrected chi connectivity index (χ4v) is 5.73. The van der Waals surface area contributed by atoms with E-state index in [0.29, 0.717) is 16.9 Å². The molecule has 238 valence electrons. The number of aromatic nitrogens is 4.